The molecule has 0 spiro atoms. The van der Waals surface area contributed by atoms with Crippen LogP contribution in [0.4, 0.5) is 16.3 Å². The number of piperidine rings is 1. The van der Waals surface area contributed by atoms with Crippen molar-refractivity contribution in [1.82, 2.24) is 19.8 Å². The first-order chi connectivity index (χ1) is 22.0. The van der Waals surface area contributed by atoms with Gasteiger partial charge in [0.25, 0.3) is 0 Å². The molecule has 5 rings (SSSR count). The number of hydrogen-bond donors (Lipinski definition) is 2. The Morgan fingerprint density at radius 2 is 1.74 bits per heavy atom. The number of esters is 1. The third kappa shape index (κ3) is 8.28. The monoisotopic (exact) mass is 626 g/mol. The van der Waals surface area contributed by atoms with Crippen LogP contribution in [0.5, 0.6) is 0 Å². The van der Waals surface area contributed by atoms with E-state index in [4.69, 9.17) is 14.4 Å². The number of amides is 2. The first-order valence-corrected chi connectivity index (χ1v) is 15.7. The summed E-state index contributed by atoms with van der Waals surface area (Å²) >= 11 is 0. The van der Waals surface area contributed by atoms with E-state index in [-0.39, 0.29) is 41.8 Å². The van der Waals surface area contributed by atoms with Crippen molar-refractivity contribution < 1.29 is 23.6 Å². The van der Waals surface area contributed by atoms with Crippen molar-refractivity contribution in [3.05, 3.63) is 88.9 Å². The zero-order valence-corrected chi connectivity index (χ0v) is 27.1. The van der Waals surface area contributed by atoms with Gasteiger partial charge in [0.1, 0.15) is 5.82 Å². The number of ether oxygens (including phenoxy) is 1. The summed E-state index contributed by atoms with van der Waals surface area (Å²) < 4.78 is 11.8. The molecule has 0 saturated carbocycles. The lowest BCUT2D eigenvalue weighted by molar-refractivity contribution is 0.0513. The first-order valence-electron chi connectivity index (χ1n) is 15.7. The normalized spacial score (nSPS) is 14.2. The largest absolute Gasteiger partial charge is 0.461 e. The summed E-state index contributed by atoms with van der Waals surface area (Å²) in [6.45, 7) is 12.0. The molecule has 2 amide bonds. The smallest absolute Gasteiger partial charge is 0.360 e. The van der Waals surface area contributed by atoms with E-state index in [1.807, 2.05) is 55.5 Å². The van der Waals surface area contributed by atoms with Crippen molar-refractivity contribution in [2.75, 3.05) is 36.9 Å². The van der Waals surface area contributed by atoms with Gasteiger partial charge in [-0.2, -0.15) is 5.10 Å². The van der Waals surface area contributed by atoms with Crippen LogP contribution in [-0.2, 0) is 16.6 Å². The highest BCUT2D eigenvalue weighted by Crippen LogP contribution is 2.27. The Morgan fingerprint density at radius 1 is 1.00 bits per heavy atom. The fraction of sp³-hybridized carbons (Fsp3) is 0.400. The van der Waals surface area contributed by atoms with Gasteiger partial charge in [0.2, 0.25) is 11.5 Å². The molecule has 1 aliphatic rings. The van der Waals surface area contributed by atoms with Crippen LogP contribution in [0.3, 0.4) is 0 Å². The Morgan fingerprint density at radius 3 is 2.43 bits per heavy atom. The molecule has 242 valence electrons. The maximum atomic E-state index is 13.1. The van der Waals surface area contributed by atoms with E-state index in [1.54, 1.807) is 11.6 Å². The summed E-state index contributed by atoms with van der Waals surface area (Å²) in [5.74, 6) is 0.292. The second kappa shape index (κ2) is 14.1. The number of nitrogens with zero attached hydrogens (tertiary/aromatic N) is 4. The number of nitrogens with one attached hydrogen (secondary N) is 2. The molecule has 2 aromatic heterocycles. The Hall–Kier alpha value is -4.77. The number of Topliss-reactive ketones (excluding diaryl/α,β-unsaturated/α-hetero) is 1. The van der Waals surface area contributed by atoms with Crippen molar-refractivity contribution in [2.24, 2.45) is 5.92 Å². The number of urea groups is 1. The predicted molar refractivity (Wildman–Crippen MR) is 176 cm³/mol. The number of carbonyl (C=O) groups is 3. The molecule has 1 aliphatic heterocycles. The molecule has 0 atom stereocenters. The van der Waals surface area contributed by atoms with Gasteiger partial charge in [0.05, 0.1) is 24.5 Å². The maximum Gasteiger partial charge on any atom is 0.360 e. The van der Waals surface area contributed by atoms with Crippen LogP contribution in [0.2, 0.25) is 0 Å². The van der Waals surface area contributed by atoms with Crippen LogP contribution >= 0.6 is 0 Å². The van der Waals surface area contributed by atoms with Gasteiger partial charge >= 0.3 is 12.0 Å². The molecule has 2 N–H and O–H groups in total. The lowest BCUT2D eigenvalue weighted by atomic mass is 9.90. The van der Waals surface area contributed by atoms with Gasteiger partial charge in [-0.1, -0.05) is 55.8 Å². The first kappa shape index (κ1) is 32.6. The second-order valence-electron chi connectivity index (χ2n) is 12.8. The fourth-order valence-electron chi connectivity index (χ4n) is 5.45. The highest BCUT2D eigenvalue weighted by Gasteiger charge is 2.25. The second-order valence-corrected chi connectivity index (χ2v) is 12.8. The summed E-state index contributed by atoms with van der Waals surface area (Å²) in [6.07, 6.45) is 2.75. The van der Waals surface area contributed by atoms with Crippen LogP contribution in [0, 0.1) is 12.8 Å². The summed E-state index contributed by atoms with van der Waals surface area (Å²) in [5, 5.41) is 14.4. The Labute approximate surface area is 269 Å². The Bertz CT molecular complexity index is 1680. The van der Waals surface area contributed by atoms with Crippen molar-refractivity contribution in [2.45, 2.75) is 59.3 Å². The molecule has 0 unspecified atom stereocenters. The van der Waals surface area contributed by atoms with E-state index in [0.29, 0.717) is 17.4 Å². The molecular formula is C35H42N6O5. The van der Waals surface area contributed by atoms with Crippen LogP contribution < -0.4 is 10.6 Å². The molecule has 1 fully saturated rings. The quantitative estimate of drug-likeness (QED) is 0.152. The van der Waals surface area contributed by atoms with Crippen molar-refractivity contribution in [3.63, 3.8) is 0 Å². The summed E-state index contributed by atoms with van der Waals surface area (Å²) in [7, 11) is 0. The van der Waals surface area contributed by atoms with E-state index in [2.05, 4.69) is 47.5 Å². The predicted octanol–water partition coefficient (Wildman–Crippen LogP) is 6.42. The van der Waals surface area contributed by atoms with E-state index in [9.17, 15) is 14.4 Å². The number of aromatic nitrogens is 3. The zero-order chi connectivity index (χ0) is 32.8. The Balaban J connectivity index is 1.14. The minimum Gasteiger partial charge on any atom is -0.461 e. The molecule has 11 nitrogen and oxygen atoms in total. The maximum absolute atomic E-state index is 13.1. The van der Waals surface area contributed by atoms with Crippen molar-refractivity contribution in [1.29, 1.82) is 0 Å². The van der Waals surface area contributed by atoms with Gasteiger partial charge in [0.15, 0.2) is 5.69 Å². The average molecular weight is 627 g/mol. The van der Waals surface area contributed by atoms with E-state index >= 15 is 0 Å². The lowest BCUT2D eigenvalue weighted by Crippen LogP contribution is -2.37. The van der Waals surface area contributed by atoms with Crippen LogP contribution in [0.25, 0.3) is 5.69 Å². The van der Waals surface area contributed by atoms with Gasteiger partial charge in [-0.3, -0.25) is 15.0 Å². The highest BCUT2D eigenvalue weighted by atomic mass is 16.5. The van der Waals surface area contributed by atoms with Gasteiger partial charge in [-0.15, -0.1) is 0 Å². The fourth-order valence-corrected chi connectivity index (χ4v) is 5.45. The van der Waals surface area contributed by atoms with Crippen LogP contribution in [0.15, 0.2) is 65.2 Å². The molecule has 46 heavy (non-hydrogen) atoms. The number of ketones is 1. The number of anilines is 2. The highest BCUT2D eigenvalue weighted by molar-refractivity contribution is 5.99. The van der Waals surface area contributed by atoms with Gasteiger partial charge in [-0.25, -0.2) is 14.3 Å². The standard InChI is InChI=1S/C35H42N6O5/c1-6-45-33(43)28-20-30(46-39-28)29(42)22-40-16-14-24(15-17-40)18-25-8-7-9-26(19-25)36-34(44)37-32-21-31(35(3,4)5)38-41(32)27-12-10-23(2)11-13-27/h7-13,19-21,24H,6,14-18,22H2,1-5H3,(H2,36,37,44). The minimum atomic E-state index is -0.605. The van der Waals surface area contributed by atoms with Gasteiger partial charge in [-0.05, 0) is 81.9 Å². The van der Waals surface area contributed by atoms with Crippen LogP contribution in [-0.4, -0.2) is 63.9 Å². The molecule has 4 aromatic rings. The van der Waals surface area contributed by atoms with E-state index in [1.165, 1.54) is 6.07 Å². The Kier molecular flexibility index (Phi) is 10.0. The third-order valence-corrected chi connectivity index (χ3v) is 8.05. The molecule has 2 aromatic carbocycles. The van der Waals surface area contributed by atoms with E-state index in [0.717, 1.165) is 54.9 Å². The average Bonchev–Trinajstić information content (AvgIpc) is 3.67. The van der Waals surface area contributed by atoms with E-state index < -0.39 is 5.97 Å². The third-order valence-electron chi connectivity index (χ3n) is 8.05. The topological polar surface area (TPSA) is 132 Å². The number of benzene rings is 2. The van der Waals surface area contributed by atoms with Crippen molar-refractivity contribution in [3.8, 4) is 5.69 Å². The summed E-state index contributed by atoms with van der Waals surface area (Å²) in [6, 6.07) is 18.9. The summed E-state index contributed by atoms with van der Waals surface area (Å²) in [5.41, 5.74) is 4.56. The number of carbonyl (C=O) groups excluding carboxylic acids is 3. The zero-order valence-electron chi connectivity index (χ0n) is 27.1. The molecular weight excluding hydrogens is 584 g/mol. The van der Waals surface area contributed by atoms with Crippen LogP contribution in [0.1, 0.15) is 78.4 Å². The molecule has 1 saturated heterocycles. The molecule has 3 heterocycles. The van der Waals surface area contributed by atoms with Gasteiger partial charge in [0, 0.05) is 23.2 Å². The molecule has 0 bridgehead atoms. The molecule has 0 radical (unpaired) electrons. The number of aryl methyl sites for hydroxylation is 1. The number of hydrogen-bond acceptors (Lipinski definition) is 8. The lowest BCUT2D eigenvalue weighted by Gasteiger charge is -2.31. The molecule has 0 aliphatic carbocycles. The number of rotatable bonds is 10. The minimum absolute atomic E-state index is 0.00152. The number of likely N-dealkylation sites (tertiary alicyclic amines) is 1. The molecule has 11 heteroatoms. The SMILES string of the molecule is CCOC(=O)c1cc(C(=O)CN2CCC(Cc3cccc(NC(=O)Nc4cc(C(C)(C)C)nn4-c4ccc(C)cc4)c3)CC2)on1. The summed E-state index contributed by atoms with van der Waals surface area (Å²) in [4.78, 5) is 39.7. The van der Waals surface area contributed by atoms with Gasteiger partial charge < -0.3 is 14.6 Å². The van der Waals surface area contributed by atoms with Crippen molar-refractivity contribution >= 4 is 29.3 Å².